The summed E-state index contributed by atoms with van der Waals surface area (Å²) >= 11 is 0. The van der Waals surface area contributed by atoms with Crippen LogP contribution in [0.2, 0.25) is 0 Å². The Morgan fingerprint density at radius 1 is 1.32 bits per heavy atom. The Balaban J connectivity index is 1.44. The molecule has 3 fully saturated rings. The maximum Gasteiger partial charge on any atom is 0.241 e. The summed E-state index contributed by atoms with van der Waals surface area (Å²) in [7, 11) is 0. The van der Waals surface area contributed by atoms with E-state index in [2.05, 4.69) is 19.9 Å². The Morgan fingerprint density at radius 2 is 2.03 bits per heavy atom. The van der Waals surface area contributed by atoms with Crippen molar-refractivity contribution in [3.63, 3.8) is 0 Å². The number of halogens is 1. The molecule has 2 amide bonds. The third-order valence-electron chi connectivity index (χ3n) is 6.89. The van der Waals surface area contributed by atoms with Gasteiger partial charge in [-0.3, -0.25) is 14.5 Å². The van der Waals surface area contributed by atoms with Crippen LogP contribution in [0.4, 0.5) is 4.39 Å². The van der Waals surface area contributed by atoms with Gasteiger partial charge in [-0.2, -0.15) is 5.26 Å². The zero-order valence-electron chi connectivity index (χ0n) is 18.1. The summed E-state index contributed by atoms with van der Waals surface area (Å²) in [5.74, 6) is -0.261. The highest BCUT2D eigenvalue weighted by Crippen LogP contribution is 2.41. The third-order valence-corrected chi connectivity index (χ3v) is 6.89. The number of nitrogens with zero attached hydrogens (tertiary/aromatic N) is 4. The first-order chi connectivity index (χ1) is 14.8. The number of benzene rings is 1. The van der Waals surface area contributed by atoms with Gasteiger partial charge in [0.05, 0.1) is 24.2 Å². The van der Waals surface area contributed by atoms with E-state index in [1.165, 1.54) is 12.1 Å². The number of hydrogen-bond donors (Lipinski definition) is 1. The number of amides is 2. The van der Waals surface area contributed by atoms with Crippen LogP contribution in [0, 0.1) is 23.1 Å². The van der Waals surface area contributed by atoms with E-state index in [9.17, 15) is 19.2 Å². The average Bonchev–Trinajstić information content (AvgIpc) is 3.44. The van der Waals surface area contributed by atoms with Crippen LogP contribution in [0.3, 0.4) is 0 Å². The van der Waals surface area contributed by atoms with Gasteiger partial charge in [-0.05, 0) is 42.9 Å². The van der Waals surface area contributed by atoms with E-state index in [-0.39, 0.29) is 41.7 Å². The summed E-state index contributed by atoms with van der Waals surface area (Å²) < 4.78 is 13.4. The molecule has 4 unspecified atom stereocenters. The van der Waals surface area contributed by atoms with E-state index in [0.717, 1.165) is 12.0 Å². The quantitative estimate of drug-likeness (QED) is 0.745. The molecule has 5 atom stereocenters. The zero-order chi connectivity index (χ0) is 22.3. The van der Waals surface area contributed by atoms with Crippen molar-refractivity contribution in [3.05, 3.63) is 35.6 Å². The molecular formula is C23H30FN5O2. The van der Waals surface area contributed by atoms with Crippen LogP contribution in [0.25, 0.3) is 0 Å². The van der Waals surface area contributed by atoms with Gasteiger partial charge in [0.2, 0.25) is 11.8 Å². The Hall–Kier alpha value is -2.50. The number of carbonyl (C=O) groups excluding carboxylic acids is 2. The molecule has 7 nitrogen and oxygen atoms in total. The minimum atomic E-state index is -0.743. The van der Waals surface area contributed by atoms with E-state index in [1.54, 1.807) is 17.0 Å². The first-order valence-electron chi connectivity index (χ1n) is 11.1. The molecule has 0 radical (unpaired) electrons. The molecule has 2 bridgehead atoms. The van der Waals surface area contributed by atoms with Crippen molar-refractivity contribution in [2.75, 3.05) is 19.6 Å². The normalized spacial score (nSPS) is 27.7. The van der Waals surface area contributed by atoms with Crippen molar-refractivity contribution in [3.8, 4) is 6.07 Å². The SMILES string of the molecule is CC(C)C(c1ccc(F)cc1)N1C(=O)C2C[C@H]1CN2CC(N)C(=O)N1CCCC1C#N. The average molecular weight is 428 g/mol. The maximum absolute atomic E-state index is 13.4. The fourth-order valence-electron chi connectivity index (χ4n) is 5.49. The van der Waals surface area contributed by atoms with Gasteiger partial charge in [-0.25, -0.2) is 4.39 Å². The first kappa shape index (κ1) is 21.7. The van der Waals surface area contributed by atoms with Crippen LogP contribution in [0.5, 0.6) is 0 Å². The van der Waals surface area contributed by atoms with E-state index in [0.29, 0.717) is 32.5 Å². The van der Waals surface area contributed by atoms with Crippen LogP contribution < -0.4 is 5.73 Å². The number of rotatable bonds is 6. The van der Waals surface area contributed by atoms with Gasteiger partial charge in [0.15, 0.2) is 0 Å². The van der Waals surface area contributed by atoms with Crippen molar-refractivity contribution in [2.45, 2.75) is 63.3 Å². The molecule has 0 spiro atoms. The fourth-order valence-corrected chi connectivity index (χ4v) is 5.49. The second-order valence-electron chi connectivity index (χ2n) is 9.27. The second-order valence-corrected chi connectivity index (χ2v) is 9.27. The van der Waals surface area contributed by atoms with Crippen LogP contribution in [-0.2, 0) is 9.59 Å². The standard InChI is InChI=1S/C23H30FN5O2/c1-14(2)21(15-5-7-16(24)8-6-15)29-18-10-20(23(29)31)27(12-18)13-19(26)22(30)28-9-3-4-17(28)11-25/h5-8,14,17-21H,3-4,9-10,12-13,26H2,1-2H3/t17?,18-,19?,20?,21?/m0/s1. The number of nitriles is 1. The minimum Gasteiger partial charge on any atom is -0.330 e. The van der Waals surface area contributed by atoms with Gasteiger partial charge >= 0.3 is 0 Å². The molecule has 8 heteroatoms. The Labute approximate surface area is 182 Å². The lowest BCUT2D eigenvalue weighted by Crippen LogP contribution is -2.57. The first-order valence-corrected chi connectivity index (χ1v) is 11.1. The number of carbonyl (C=O) groups is 2. The maximum atomic E-state index is 13.4. The van der Waals surface area contributed by atoms with Gasteiger partial charge in [-0.15, -0.1) is 0 Å². The topological polar surface area (TPSA) is 93.7 Å². The van der Waals surface area contributed by atoms with Crippen molar-refractivity contribution in [2.24, 2.45) is 11.7 Å². The van der Waals surface area contributed by atoms with Crippen LogP contribution >= 0.6 is 0 Å². The molecular weight excluding hydrogens is 397 g/mol. The molecule has 3 aliphatic rings. The van der Waals surface area contributed by atoms with Crippen molar-refractivity contribution >= 4 is 11.8 Å². The van der Waals surface area contributed by atoms with Gasteiger partial charge in [0.1, 0.15) is 11.9 Å². The predicted octanol–water partition coefficient (Wildman–Crippen LogP) is 1.65. The minimum absolute atomic E-state index is 0.0509. The lowest BCUT2D eigenvalue weighted by Gasteiger charge is -2.41. The smallest absolute Gasteiger partial charge is 0.241 e. The van der Waals surface area contributed by atoms with Crippen molar-refractivity contribution < 1.29 is 14.0 Å². The molecule has 1 aromatic rings. The molecule has 31 heavy (non-hydrogen) atoms. The van der Waals surface area contributed by atoms with Gasteiger partial charge in [-0.1, -0.05) is 26.0 Å². The van der Waals surface area contributed by atoms with E-state index in [1.807, 2.05) is 9.80 Å². The molecule has 0 aliphatic carbocycles. The van der Waals surface area contributed by atoms with Crippen LogP contribution in [0.1, 0.15) is 44.7 Å². The Kier molecular flexibility index (Phi) is 6.00. The molecule has 1 aromatic carbocycles. The van der Waals surface area contributed by atoms with E-state index >= 15 is 0 Å². The zero-order valence-corrected chi connectivity index (χ0v) is 18.1. The Bertz CT molecular complexity index is 883. The molecule has 3 saturated heterocycles. The molecule has 0 aromatic heterocycles. The van der Waals surface area contributed by atoms with Crippen LogP contribution in [0.15, 0.2) is 24.3 Å². The molecule has 166 valence electrons. The summed E-state index contributed by atoms with van der Waals surface area (Å²) in [5.41, 5.74) is 7.15. The monoisotopic (exact) mass is 427 g/mol. The lowest BCUT2D eigenvalue weighted by molar-refractivity contribution is -0.142. The van der Waals surface area contributed by atoms with Crippen LogP contribution in [-0.4, -0.2) is 70.3 Å². The molecule has 0 saturated carbocycles. The van der Waals surface area contributed by atoms with Crippen molar-refractivity contribution in [1.29, 1.82) is 5.26 Å². The van der Waals surface area contributed by atoms with E-state index in [4.69, 9.17) is 5.73 Å². The second kappa shape index (κ2) is 8.56. The molecule has 3 heterocycles. The highest BCUT2D eigenvalue weighted by molar-refractivity contribution is 5.87. The van der Waals surface area contributed by atoms with E-state index < -0.39 is 12.1 Å². The summed E-state index contributed by atoms with van der Waals surface area (Å²) in [6.07, 6.45) is 2.23. The Morgan fingerprint density at radius 3 is 2.65 bits per heavy atom. The van der Waals surface area contributed by atoms with Gasteiger partial charge < -0.3 is 15.5 Å². The largest absolute Gasteiger partial charge is 0.330 e. The lowest BCUT2D eigenvalue weighted by atomic mass is 9.93. The number of likely N-dealkylation sites (tertiary alicyclic amines) is 3. The van der Waals surface area contributed by atoms with Crippen molar-refractivity contribution in [1.82, 2.24) is 14.7 Å². The molecule has 3 aliphatic heterocycles. The number of fused-ring (bicyclic) bond motifs is 2. The molecule has 2 N–H and O–H groups in total. The summed E-state index contributed by atoms with van der Waals surface area (Å²) in [6, 6.07) is 7.09. The summed E-state index contributed by atoms with van der Waals surface area (Å²) in [6.45, 7) is 5.69. The fraction of sp³-hybridized carbons (Fsp3) is 0.609. The highest BCUT2D eigenvalue weighted by Gasteiger charge is 2.52. The van der Waals surface area contributed by atoms with Gasteiger partial charge in [0, 0.05) is 25.7 Å². The van der Waals surface area contributed by atoms with Gasteiger partial charge in [0.25, 0.3) is 0 Å². The highest BCUT2D eigenvalue weighted by atomic mass is 19.1. The number of hydrogen-bond acceptors (Lipinski definition) is 5. The summed E-state index contributed by atoms with van der Waals surface area (Å²) in [5, 5.41) is 9.24. The summed E-state index contributed by atoms with van der Waals surface area (Å²) in [4.78, 5) is 31.6. The third kappa shape index (κ3) is 3.92. The number of nitrogens with two attached hydrogens (primary N) is 1. The number of piperazine rings is 1. The predicted molar refractivity (Wildman–Crippen MR) is 113 cm³/mol. The molecule has 4 rings (SSSR count).